The second kappa shape index (κ2) is 9.73. The molecule has 27 heavy (non-hydrogen) atoms. The van der Waals surface area contributed by atoms with Crippen LogP contribution in [0.5, 0.6) is 0 Å². The van der Waals surface area contributed by atoms with Gasteiger partial charge in [-0.25, -0.2) is 8.42 Å². The molecule has 8 heteroatoms. The van der Waals surface area contributed by atoms with Gasteiger partial charge in [0.2, 0.25) is 5.91 Å². The maximum Gasteiger partial charge on any atom is 0.264 e. The number of nitrogens with one attached hydrogen (secondary N) is 1. The number of ether oxygens (including phenoxy) is 1. The number of methoxy groups -OCH3 is 1. The van der Waals surface area contributed by atoms with E-state index in [1.165, 1.54) is 24.3 Å². The quantitative estimate of drug-likeness (QED) is 0.645. The molecule has 0 fully saturated rings. The number of sulfonamides is 1. The number of aryl methyl sites for hydroxylation is 1. The lowest BCUT2D eigenvalue weighted by Crippen LogP contribution is -2.41. The fraction of sp³-hybridized carbons (Fsp3) is 0.316. The van der Waals surface area contributed by atoms with E-state index in [2.05, 4.69) is 5.32 Å². The first-order valence-electron chi connectivity index (χ1n) is 8.46. The Morgan fingerprint density at radius 1 is 1.15 bits per heavy atom. The van der Waals surface area contributed by atoms with E-state index in [0.29, 0.717) is 30.3 Å². The summed E-state index contributed by atoms with van der Waals surface area (Å²) in [5, 5.41) is 3.16. The Morgan fingerprint density at radius 3 is 2.44 bits per heavy atom. The summed E-state index contributed by atoms with van der Waals surface area (Å²) in [6.07, 6.45) is 0.649. The zero-order valence-corrected chi connectivity index (χ0v) is 16.9. The van der Waals surface area contributed by atoms with Crippen LogP contribution in [-0.4, -0.2) is 41.1 Å². The molecule has 0 unspecified atom stereocenters. The van der Waals surface area contributed by atoms with Crippen LogP contribution in [0, 0.1) is 6.92 Å². The largest absolute Gasteiger partial charge is 0.385 e. The van der Waals surface area contributed by atoms with Crippen molar-refractivity contribution in [2.75, 3.05) is 31.1 Å². The summed E-state index contributed by atoms with van der Waals surface area (Å²) < 4.78 is 32.4. The van der Waals surface area contributed by atoms with Crippen LogP contribution in [0.1, 0.15) is 12.0 Å². The number of amides is 1. The highest BCUT2D eigenvalue weighted by Crippen LogP contribution is 2.27. The number of hydrogen-bond acceptors (Lipinski definition) is 4. The molecule has 0 saturated heterocycles. The molecule has 1 amide bonds. The summed E-state index contributed by atoms with van der Waals surface area (Å²) >= 11 is 5.87. The van der Waals surface area contributed by atoms with Crippen LogP contribution < -0.4 is 9.62 Å². The van der Waals surface area contributed by atoms with Gasteiger partial charge in [-0.3, -0.25) is 9.10 Å². The van der Waals surface area contributed by atoms with Crippen LogP contribution in [0.25, 0.3) is 0 Å². The van der Waals surface area contributed by atoms with Crippen molar-refractivity contribution in [2.24, 2.45) is 0 Å². The molecule has 0 bridgehead atoms. The summed E-state index contributed by atoms with van der Waals surface area (Å²) in [5.74, 6) is -0.383. The minimum Gasteiger partial charge on any atom is -0.385 e. The van der Waals surface area contributed by atoms with Gasteiger partial charge in [0.1, 0.15) is 6.54 Å². The third-order valence-corrected chi connectivity index (χ3v) is 5.95. The van der Waals surface area contributed by atoms with Crippen LogP contribution in [0.3, 0.4) is 0 Å². The number of anilines is 1. The van der Waals surface area contributed by atoms with Crippen LogP contribution in [-0.2, 0) is 19.6 Å². The molecule has 0 saturated carbocycles. The van der Waals surface area contributed by atoms with Gasteiger partial charge in [-0.1, -0.05) is 29.8 Å². The summed E-state index contributed by atoms with van der Waals surface area (Å²) in [6, 6.07) is 12.9. The normalized spacial score (nSPS) is 11.2. The van der Waals surface area contributed by atoms with Crippen LogP contribution in [0.2, 0.25) is 5.02 Å². The van der Waals surface area contributed by atoms with Crippen molar-refractivity contribution < 1.29 is 17.9 Å². The third kappa shape index (κ3) is 5.69. The molecule has 6 nitrogen and oxygen atoms in total. The highest BCUT2D eigenvalue weighted by molar-refractivity contribution is 7.92. The molecule has 2 aromatic rings. The molecule has 2 aromatic carbocycles. The Kier molecular flexibility index (Phi) is 7.65. The number of carbonyl (C=O) groups excluding carboxylic acids is 1. The Morgan fingerprint density at radius 2 is 1.81 bits per heavy atom. The number of para-hydroxylation sites is 1. The average molecular weight is 411 g/mol. The predicted molar refractivity (Wildman–Crippen MR) is 107 cm³/mol. The highest BCUT2D eigenvalue weighted by Gasteiger charge is 2.28. The van der Waals surface area contributed by atoms with Gasteiger partial charge in [-0.2, -0.15) is 0 Å². The van der Waals surface area contributed by atoms with Crippen molar-refractivity contribution >= 4 is 33.2 Å². The second-order valence-corrected chi connectivity index (χ2v) is 8.25. The lowest BCUT2D eigenvalue weighted by atomic mass is 10.2. The summed E-state index contributed by atoms with van der Waals surface area (Å²) in [7, 11) is -2.35. The van der Waals surface area contributed by atoms with Gasteiger partial charge in [0.25, 0.3) is 10.0 Å². The predicted octanol–water partition coefficient (Wildman–Crippen LogP) is 3.00. The first kappa shape index (κ1) is 21.2. The van der Waals surface area contributed by atoms with Gasteiger partial charge < -0.3 is 10.1 Å². The fourth-order valence-electron chi connectivity index (χ4n) is 2.51. The number of benzene rings is 2. The molecule has 0 aromatic heterocycles. The van der Waals surface area contributed by atoms with Crippen molar-refractivity contribution in [3.63, 3.8) is 0 Å². The summed E-state index contributed by atoms with van der Waals surface area (Å²) in [6.45, 7) is 2.42. The van der Waals surface area contributed by atoms with Crippen molar-refractivity contribution in [1.29, 1.82) is 0 Å². The fourth-order valence-corrected chi connectivity index (χ4v) is 4.12. The molecule has 0 radical (unpaired) electrons. The van der Waals surface area contributed by atoms with Gasteiger partial charge in [-0.15, -0.1) is 0 Å². The van der Waals surface area contributed by atoms with E-state index in [1.807, 2.05) is 6.07 Å². The van der Waals surface area contributed by atoms with Crippen molar-refractivity contribution in [2.45, 2.75) is 18.2 Å². The summed E-state index contributed by atoms with van der Waals surface area (Å²) in [5.41, 5.74) is 1.21. The summed E-state index contributed by atoms with van der Waals surface area (Å²) in [4.78, 5) is 12.4. The molecule has 0 aliphatic heterocycles. The molecule has 2 rings (SSSR count). The van der Waals surface area contributed by atoms with Crippen molar-refractivity contribution in [3.8, 4) is 0 Å². The lowest BCUT2D eigenvalue weighted by molar-refractivity contribution is -0.119. The van der Waals surface area contributed by atoms with Gasteiger partial charge >= 0.3 is 0 Å². The zero-order valence-electron chi connectivity index (χ0n) is 15.3. The van der Waals surface area contributed by atoms with E-state index in [9.17, 15) is 13.2 Å². The minimum atomic E-state index is -3.93. The first-order valence-corrected chi connectivity index (χ1v) is 10.3. The van der Waals surface area contributed by atoms with Crippen LogP contribution in [0.15, 0.2) is 53.4 Å². The second-order valence-electron chi connectivity index (χ2n) is 5.95. The first-order chi connectivity index (χ1) is 12.9. The Hall–Kier alpha value is -2.09. The SMILES string of the molecule is COCCCNC(=O)CN(c1ccccc1C)S(=O)(=O)c1ccc(Cl)cc1. The maximum atomic E-state index is 13.2. The number of carbonyl (C=O) groups is 1. The third-order valence-electron chi connectivity index (χ3n) is 3.92. The molecule has 0 heterocycles. The van der Waals surface area contributed by atoms with E-state index in [4.69, 9.17) is 16.3 Å². The number of halogens is 1. The number of nitrogens with zero attached hydrogens (tertiary/aromatic N) is 1. The molecule has 146 valence electrons. The highest BCUT2D eigenvalue weighted by atomic mass is 35.5. The van der Waals surface area contributed by atoms with Gasteiger partial charge in [-0.05, 0) is 49.2 Å². The molecule has 1 N–H and O–H groups in total. The van der Waals surface area contributed by atoms with E-state index < -0.39 is 10.0 Å². The molecular formula is C19H23ClN2O4S. The molecule has 0 aliphatic rings. The van der Waals surface area contributed by atoms with Gasteiger partial charge in [0.15, 0.2) is 0 Å². The van der Waals surface area contributed by atoms with E-state index >= 15 is 0 Å². The Labute approximate surface area is 165 Å². The zero-order chi connectivity index (χ0) is 19.9. The Balaban J connectivity index is 2.31. The molecular weight excluding hydrogens is 388 g/mol. The van der Waals surface area contributed by atoms with Crippen molar-refractivity contribution in [3.05, 3.63) is 59.1 Å². The van der Waals surface area contributed by atoms with Crippen molar-refractivity contribution in [1.82, 2.24) is 5.32 Å². The molecule has 0 aliphatic carbocycles. The topological polar surface area (TPSA) is 75.7 Å². The average Bonchev–Trinajstić information content (AvgIpc) is 2.64. The van der Waals surface area contributed by atoms with Crippen LogP contribution >= 0.6 is 11.6 Å². The van der Waals surface area contributed by atoms with Crippen LogP contribution in [0.4, 0.5) is 5.69 Å². The number of rotatable bonds is 9. The lowest BCUT2D eigenvalue weighted by Gasteiger charge is -2.25. The number of hydrogen-bond donors (Lipinski definition) is 1. The van der Waals surface area contributed by atoms with E-state index in [-0.39, 0.29) is 17.3 Å². The molecule has 0 atom stereocenters. The van der Waals surface area contributed by atoms with Gasteiger partial charge in [0, 0.05) is 25.3 Å². The van der Waals surface area contributed by atoms with E-state index in [0.717, 1.165) is 9.87 Å². The van der Waals surface area contributed by atoms with E-state index in [1.54, 1.807) is 32.2 Å². The maximum absolute atomic E-state index is 13.2. The molecule has 0 spiro atoms. The standard InChI is InChI=1S/C19H23ClN2O4S/c1-15-6-3-4-7-18(15)22(14-19(23)21-12-5-13-26-2)27(24,25)17-10-8-16(20)9-11-17/h3-4,6-11H,5,12-14H2,1-2H3,(H,21,23). The Bertz CT molecular complexity index is 870. The minimum absolute atomic E-state index is 0.0716. The van der Waals surface area contributed by atoms with Gasteiger partial charge in [0.05, 0.1) is 10.6 Å². The smallest absolute Gasteiger partial charge is 0.264 e. The monoisotopic (exact) mass is 410 g/mol.